The highest BCUT2D eigenvalue weighted by molar-refractivity contribution is 5.76. The van der Waals surface area contributed by atoms with Gasteiger partial charge in [0.05, 0.1) is 37.0 Å². The number of halogens is 3. The van der Waals surface area contributed by atoms with E-state index in [1.807, 2.05) is 9.80 Å². The number of rotatable bonds is 8. The van der Waals surface area contributed by atoms with E-state index in [9.17, 15) is 18.0 Å². The van der Waals surface area contributed by atoms with Gasteiger partial charge >= 0.3 is 6.18 Å². The summed E-state index contributed by atoms with van der Waals surface area (Å²) in [5, 5.41) is 9.13. The molecule has 1 aliphatic carbocycles. The number of benzene rings is 1. The van der Waals surface area contributed by atoms with Crippen LogP contribution in [0.3, 0.4) is 0 Å². The van der Waals surface area contributed by atoms with Gasteiger partial charge in [0.15, 0.2) is 0 Å². The second-order valence-electron chi connectivity index (χ2n) is 9.88. The van der Waals surface area contributed by atoms with Crippen LogP contribution < -0.4 is 4.90 Å². The maximum absolute atomic E-state index is 13.5. The van der Waals surface area contributed by atoms with Crippen LogP contribution in [0, 0.1) is 28.6 Å². The van der Waals surface area contributed by atoms with Crippen molar-refractivity contribution in [3.8, 4) is 6.07 Å². The molecule has 1 atom stereocenters. The third kappa shape index (κ3) is 5.49. The summed E-state index contributed by atoms with van der Waals surface area (Å²) in [6, 6.07) is 5.60. The van der Waals surface area contributed by atoms with Crippen LogP contribution in [0.2, 0.25) is 0 Å². The first-order valence-corrected chi connectivity index (χ1v) is 12.0. The number of likely N-dealkylation sites (tertiary alicyclic amines) is 1. The summed E-state index contributed by atoms with van der Waals surface area (Å²) < 4.78 is 51.6. The van der Waals surface area contributed by atoms with Gasteiger partial charge in [0.25, 0.3) is 0 Å². The van der Waals surface area contributed by atoms with Crippen molar-refractivity contribution in [3.05, 3.63) is 29.3 Å². The standard InChI is InChI=1S/C25H32F3N3O3/c1-33-10-11-34-16-20-15-31(21-5-4-19(14-29)22(13-21)25(26,27)28)17-24(20)6-8-30(9-7-24)23(32)12-18-2-3-18/h4-5,13,18,20H,2-3,6-12,15-17H2,1H3. The zero-order valence-electron chi connectivity index (χ0n) is 19.6. The van der Waals surface area contributed by atoms with Crippen LogP contribution in [0.25, 0.3) is 0 Å². The van der Waals surface area contributed by atoms with E-state index >= 15 is 0 Å². The van der Waals surface area contributed by atoms with Crippen molar-refractivity contribution in [2.45, 2.75) is 38.3 Å². The van der Waals surface area contributed by atoms with Crippen molar-refractivity contribution in [2.75, 3.05) is 58.0 Å². The first kappa shape index (κ1) is 24.8. The number of piperidine rings is 1. The molecule has 1 aromatic rings. The summed E-state index contributed by atoms with van der Waals surface area (Å²) >= 11 is 0. The minimum atomic E-state index is -4.59. The van der Waals surface area contributed by atoms with Crippen molar-refractivity contribution in [3.63, 3.8) is 0 Å². The van der Waals surface area contributed by atoms with E-state index in [4.69, 9.17) is 14.7 Å². The molecule has 3 aliphatic rings. The van der Waals surface area contributed by atoms with E-state index in [0.717, 1.165) is 31.7 Å². The van der Waals surface area contributed by atoms with Crippen LogP contribution >= 0.6 is 0 Å². The van der Waals surface area contributed by atoms with Crippen molar-refractivity contribution >= 4 is 11.6 Å². The fraction of sp³-hybridized carbons (Fsp3) is 0.680. The lowest BCUT2D eigenvalue weighted by Gasteiger charge is -2.42. The van der Waals surface area contributed by atoms with Crippen molar-refractivity contribution in [1.82, 2.24) is 4.90 Å². The molecule has 2 heterocycles. The topological polar surface area (TPSA) is 65.8 Å². The predicted octanol–water partition coefficient (Wildman–Crippen LogP) is 4.09. The number of anilines is 1. The number of hydrogen-bond donors (Lipinski definition) is 0. The lowest BCUT2D eigenvalue weighted by atomic mass is 9.71. The molecule has 0 radical (unpaired) electrons. The Morgan fingerprint density at radius 1 is 1.24 bits per heavy atom. The average molecular weight is 480 g/mol. The number of methoxy groups -OCH3 is 1. The molecule has 2 aliphatic heterocycles. The number of alkyl halides is 3. The van der Waals surface area contributed by atoms with Crippen LogP contribution in [0.1, 0.15) is 43.2 Å². The highest BCUT2D eigenvalue weighted by Crippen LogP contribution is 2.47. The maximum Gasteiger partial charge on any atom is 0.417 e. The molecule has 186 valence electrons. The summed E-state index contributed by atoms with van der Waals surface area (Å²) in [5.41, 5.74) is -0.929. The van der Waals surface area contributed by atoms with E-state index in [1.165, 1.54) is 6.07 Å². The first-order chi connectivity index (χ1) is 16.3. The van der Waals surface area contributed by atoms with Crippen molar-refractivity contribution in [2.24, 2.45) is 17.3 Å². The molecule has 1 spiro atoms. The van der Waals surface area contributed by atoms with Crippen LogP contribution in [0.15, 0.2) is 18.2 Å². The third-order valence-corrected chi connectivity index (χ3v) is 7.63. The molecule has 0 bridgehead atoms. The Morgan fingerprint density at radius 3 is 2.59 bits per heavy atom. The Bertz CT molecular complexity index is 918. The lowest BCUT2D eigenvalue weighted by molar-refractivity contribution is -0.137. The van der Waals surface area contributed by atoms with Gasteiger partial charge in [-0.1, -0.05) is 0 Å². The van der Waals surface area contributed by atoms with Gasteiger partial charge in [0.1, 0.15) is 0 Å². The van der Waals surface area contributed by atoms with Gasteiger partial charge in [-0.05, 0) is 55.2 Å². The van der Waals surface area contributed by atoms with E-state index in [2.05, 4.69) is 0 Å². The molecule has 0 N–H and O–H groups in total. The minimum Gasteiger partial charge on any atom is -0.382 e. The first-order valence-electron chi connectivity index (χ1n) is 12.0. The summed E-state index contributed by atoms with van der Waals surface area (Å²) in [7, 11) is 1.61. The fourth-order valence-corrected chi connectivity index (χ4v) is 5.35. The van der Waals surface area contributed by atoms with Gasteiger partial charge in [0, 0.05) is 51.3 Å². The van der Waals surface area contributed by atoms with Gasteiger partial charge in [-0.15, -0.1) is 0 Å². The number of nitriles is 1. The Hall–Kier alpha value is -2.31. The number of nitrogens with zero attached hydrogens (tertiary/aromatic N) is 3. The van der Waals surface area contributed by atoms with E-state index in [-0.39, 0.29) is 22.8 Å². The summed E-state index contributed by atoms with van der Waals surface area (Å²) in [6.45, 7) is 3.98. The molecule has 1 amide bonds. The van der Waals surface area contributed by atoms with Gasteiger partial charge in [-0.2, -0.15) is 18.4 Å². The molecule has 4 rings (SSSR count). The summed E-state index contributed by atoms with van der Waals surface area (Å²) in [4.78, 5) is 16.5. The van der Waals surface area contributed by atoms with Gasteiger partial charge < -0.3 is 19.3 Å². The van der Waals surface area contributed by atoms with Crippen LogP contribution in [-0.4, -0.2) is 63.9 Å². The minimum absolute atomic E-state index is 0.129. The molecular formula is C25H32F3N3O3. The zero-order valence-corrected chi connectivity index (χ0v) is 19.6. The average Bonchev–Trinajstić information content (AvgIpc) is 3.57. The Morgan fingerprint density at radius 2 is 1.97 bits per heavy atom. The number of hydrogen-bond acceptors (Lipinski definition) is 5. The third-order valence-electron chi connectivity index (χ3n) is 7.63. The van der Waals surface area contributed by atoms with Crippen LogP contribution in [-0.2, 0) is 20.4 Å². The quantitative estimate of drug-likeness (QED) is 0.526. The predicted molar refractivity (Wildman–Crippen MR) is 120 cm³/mol. The highest BCUT2D eigenvalue weighted by atomic mass is 19.4. The molecule has 2 saturated heterocycles. The lowest BCUT2D eigenvalue weighted by Crippen LogP contribution is -2.47. The summed E-state index contributed by atoms with van der Waals surface area (Å²) in [5.74, 6) is 0.906. The number of carbonyl (C=O) groups is 1. The van der Waals surface area contributed by atoms with E-state index < -0.39 is 11.7 Å². The molecular weight excluding hydrogens is 447 g/mol. The zero-order chi connectivity index (χ0) is 24.3. The molecule has 9 heteroatoms. The molecule has 34 heavy (non-hydrogen) atoms. The molecule has 6 nitrogen and oxygen atoms in total. The Balaban J connectivity index is 1.50. The van der Waals surface area contributed by atoms with Gasteiger partial charge in [-0.3, -0.25) is 4.79 Å². The monoisotopic (exact) mass is 479 g/mol. The van der Waals surface area contributed by atoms with Crippen LogP contribution in [0.5, 0.6) is 0 Å². The molecule has 1 aromatic carbocycles. The molecule has 1 saturated carbocycles. The van der Waals surface area contributed by atoms with Crippen molar-refractivity contribution in [1.29, 1.82) is 5.26 Å². The van der Waals surface area contributed by atoms with E-state index in [0.29, 0.717) is 64.0 Å². The highest BCUT2D eigenvalue weighted by Gasteiger charge is 2.49. The van der Waals surface area contributed by atoms with E-state index in [1.54, 1.807) is 19.2 Å². The molecule has 0 aromatic heterocycles. The van der Waals surface area contributed by atoms with Gasteiger partial charge in [0.2, 0.25) is 5.91 Å². The van der Waals surface area contributed by atoms with Gasteiger partial charge in [-0.25, -0.2) is 0 Å². The molecule has 1 unspecified atom stereocenters. The number of amides is 1. The second-order valence-corrected chi connectivity index (χ2v) is 9.88. The summed E-state index contributed by atoms with van der Waals surface area (Å²) in [6.07, 6.45) is -0.0580. The number of ether oxygens (including phenoxy) is 2. The largest absolute Gasteiger partial charge is 0.417 e. The normalized spacial score (nSPS) is 22.3. The second kappa shape index (κ2) is 10.1. The van der Waals surface area contributed by atoms with Crippen molar-refractivity contribution < 1.29 is 27.4 Å². The molecule has 3 fully saturated rings. The Kier molecular flexibility index (Phi) is 7.39. The van der Waals surface area contributed by atoms with Crippen LogP contribution in [0.4, 0.5) is 18.9 Å². The maximum atomic E-state index is 13.5. The SMILES string of the molecule is COCCOCC1CN(c2ccc(C#N)c(C(F)(F)F)c2)CC12CCN(C(=O)CC1CC1)CC2. The Labute approximate surface area is 198 Å². The smallest absolute Gasteiger partial charge is 0.382 e. The fourth-order valence-electron chi connectivity index (χ4n) is 5.35. The number of carbonyl (C=O) groups excluding carboxylic acids is 1.